The van der Waals surface area contributed by atoms with Crippen LogP contribution in [0.25, 0.3) is 11.1 Å². The number of hydrogen-bond acceptors (Lipinski definition) is 4. The Morgan fingerprint density at radius 2 is 1.54 bits per heavy atom. The predicted octanol–water partition coefficient (Wildman–Crippen LogP) is 6.04. The van der Waals surface area contributed by atoms with Gasteiger partial charge >= 0.3 is 5.97 Å². The molecule has 0 saturated carbocycles. The molecule has 0 aromatic heterocycles. The summed E-state index contributed by atoms with van der Waals surface area (Å²) in [5.41, 5.74) is 4.61. The highest BCUT2D eigenvalue weighted by atomic mass is 35.5. The number of anilines is 3. The standard InChI is InChI=1S/C32H26ClN3O5/c1-20-8-2-3-9-22(20)23-10-4-5-11-24(23)31(40)34-26-15-14-21(18-25(26)33)32(41)35-17-16-29(37)36(19-30(38)39)28-13-7-6-12-27(28)35/h2-15,18H,16-17,19H2,1H3,(H,34,40)(H,38,39). The first-order valence-corrected chi connectivity index (χ1v) is 13.3. The van der Waals surface area contributed by atoms with Crippen LogP contribution >= 0.6 is 11.6 Å². The molecular formula is C32H26ClN3O5. The molecule has 0 unspecified atom stereocenters. The average molecular weight is 568 g/mol. The van der Waals surface area contributed by atoms with Crippen molar-refractivity contribution in [1.82, 2.24) is 0 Å². The summed E-state index contributed by atoms with van der Waals surface area (Å²) >= 11 is 6.55. The van der Waals surface area contributed by atoms with E-state index in [2.05, 4.69) is 5.32 Å². The molecule has 4 aromatic carbocycles. The van der Waals surface area contributed by atoms with Gasteiger partial charge in [-0.3, -0.25) is 24.1 Å². The molecule has 1 aliphatic rings. The fraction of sp³-hybridized carbons (Fsp3) is 0.125. The number of amides is 3. The van der Waals surface area contributed by atoms with Gasteiger partial charge in [-0.05, 0) is 60.0 Å². The maximum Gasteiger partial charge on any atom is 0.323 e. The van der Waals surface area contributed by atoms with Crippen LogP contribution in [-0.2, 0) is 9.59 Å². The number of benzene rings is 4. The second kappa shape index (κ2) is 11.7. The van der Waals surface area contributed by atoms with Gasteiger partial charge in [0, 0.05) is 24.1 Å². The number of carbonyl (C=O) groups excluding carboxylic acids is 3. The molecule has 8 nitrogen and oxygen atoms in total. The maximum atomic E-state index is 13.6. The number of carbonyl (C=O) groups is 4. The van der Waals surface area contributed by atoms with E-state index in [1.165, 1.54) is 15.9 Å². The van der Waals surface area contributed by atoms with Gasteiger partial charge in [-0.2, -0.15) is 0 Å². The van der Waals surface area contributed by atoms with Crippen LogP contribution in [0.5, 0.6) is 0 Å². The minimum absolute atomic E-state index is 0.0458. The van der Waals surface area contributed by atoms with E-state index in [4.69, 9.17) is 11.6 Å². The Morgan fingerprint density at radius 3 is 2.24 bits per heavy atom. The smallest absolute Gasteiger partial charge is 0.323 e. The first kappa shape index (κ1) is 27.6. The summed E-state index contributed by atoms with van der Waals surface area (Å²) in [5.74, 6) is -2.30. The van der Waals surface area contributed by atoms with Gasteiger partial charge in [0.15, 0.2) is 0 Å². The van der Waals surface area contributed by atoms with Crippen molar-refractivity contribution in [2.24, 2.45) is 0 Å². The largest absolute Gasteiger partial charge is 0.480 e. The van der Waals surface area contributed by atoms with Crippen LogP contribution in [0.3, 0.4) is 0 Å². The van der Waals surface area contributed by atoms with Crippen LogP contribution in [0.15, 0.2) is 91.0 Å². The van der Waals surface area contributed by atoms with E-state index in [0.717, 1.165) is 16.7 Å². The van der Waals surface area contributed by atoms with Gasteiger partial charge in [0.2, 0.25) is 5.91 Å². The lowest BCUT2D eigenvalue weighted by atomic mass is 9.95. The molecule has 1 aliphatic heterocycles. The third-order valence-electron chi connectivity index (χ3n) is 6.92. The Bertz CT molecular complexity index is 1690. The molecule has 0 saturated heterocycles. The highest BCUT2D eigenvalue weighted by Crippen LogP contribution is 2.35. The van der Waals surface area contributed by atoms with Crippen LogP contribution in [0.2, 0.25) is 5.02 Å². The number of aryl methyl sites for hydroxylation is 1. The zero-order chi connectivity index (χ0) is 29.1. The zero-order valence-corrected chi connectivity index (χ0v) is 22.9. The lowest BCUT2D eigenvalue weighted by Crippen LogP contribution is -2.35. The summed E-state index contributed by atoms with van der Waals surface area (Å²) in [7, 11) is 0. The molecule has 4 aromatic rings. The van der Waals surface area contributed by atoms with E-state index in [9.17, 15) is 24.3 Å². The third kappa shape index (κ3) is 5.69. The zero-order valence-electron chi connectivity index (χ0n) is 22.1. The number of hydrogen-bond donors (Lipinski definition) is 2. The molecule has 3 amide bonds. The SMILES string of the molecule is Cc1ccccc1-c1ccccc1C(=O)Nc1ccc(C(=O)N2CCC(=O)N(CC(=O)O)c3ccccc32)cc1Cl. The molecule has 5 rings (SSSR count). The van der Waals surface area contributed by atoms with E-state index in [-0.39, 0.29) is 29.5 Å². The fourth-order valence-electron chi connectivity index (χ4n) is 4.92. The summed E-state index contributed by atoms with van der Waals surface area (Å²) < 4.78 is 0. The number of aliphatic carboxylic acids is 1. The Hall–Kier alpha value is -4.95. The lowest BCUT2D eigenvalue weighted by molar-refractivity contribution is -0.136. The van der Waals surface area contributed by atoms with Gasteiger partial charge < -0.3 is 15.3 Å². The number of nitrogens with zero attached hydrogens (tertiary/aromatic N) is 2. The van der Waals surface area contributed by atoms with Gasteiger partial charge in [-0.15, -0.1) is 0 Å². The number of carboxylic acid groups (broad SMARTS) is 1. The Morgan fingerprint density at radius 1 is 0.878 bits per heavy atom. The minimum Gasteiger partial charge on any atom is -0.480 e. The summed E-state index contributed by atoms with van der Waals surface area (Å²) in [4.78, 5) is 53.7. The quantitative estimate of drug-likeness (QED) is 0.295. The molecule has 0 spiro atoms. The van der Waals surface area contributed by atoms with Crippen LogP contribution in [-0.4, -0.2) is 41.9 Å². The van der Waals surface area contributed by atoms with Crippen molar-refractivity contribution in [3.8, 4) is 11.1 Å². The summed E-state index contributed by atoms with van der Waals surface area (Å²) in [6, 6.07) is 26.4. The van der Waals surface area contributed by atoms with Gasteiger partial charge in [-0.25, -0.2) is 0 Å². The van der Waals surface area contributed by atoms with Crippen molar-refractivity contribution in [3.05, 3.63) is 113 Å². The van der Waals surface area contributed by atoms with Crippen LogP contribution in [0.4, 0.5) is 17.1 Å². The minimum atomic E-state index is -1.15. The molecule has 0 atom stereocenters. The van der Waals surface area contributed by atoms with Gasteiger partial charge in [0.05, 0.1) is 22.1 Å². The lowest BCUT2D eigenvalue weighted by Gasteiger charge is -2.25. The average Bonchev–Trinajstić information content (AvgIpc) is 3.10. The van der Waals surface area contributed by atoms with Gasteiger partial charge in [0.25, 0.3) is 11.8 Å². The number of fused-ring (bicyclic) bond motifs is 1. The number of carboxylic acids is 1. The summed E-state index contributed by atoms with van der Waals surface area (Å²) in [6.45, 7) is 1.54. The van der Waals surface area contributed by atoms with Gasteiger partial charge in [-0.1, -0.05) is 66.2 Å². The van der Waals surface area contributed by atoms with Gasteiger partial charge in [0.1, 0.15) is 6.54 Å². The molecule has 0 aliphatic carbocycles. The van der Waals surface area contributed by atoms with Crippen molar-refractivity contribution < 1.29 is 24.3 Å². The molecule has 1 heterocycles. The third-order valence-corrected chi connectivity index (χ3v) is 7.24. The van der Waals surface area contributed by atoms with Crippen LogP contribution in [0, 0.1) is 6.92 Å². The fourth-order valence-corrected chi connectivity index (χ4v) is 5.15. The molecule has 206 valence electrons. The molecule has 0 bridgehead atoms. The summed E-state index contributed by atoms with van der Waals surface area (Å²) in [5, 5.41) is 12.3. The molecular weight excluding hydrogens is 542 g/mol. The first-order valence-electron chi connectivity index (χ1n) is 12.9. The molecule has 0 fully saturated rings. The molecule has 9 heteroatoms. The number of para-hydroxylation sites is 2. The molecule has 0 radical (unpaired) electrons. The normalized spacial score (nSPS) is 12.9. The maximum absolute atomic E-state index is 13.6. The van der Waals surface area contributed by atoms with Crippen molar-refractivity contribution in [2.75, 3.05) is 28.2 Å². The van der Waals surface area contributed by atoms with E-state index in [1.807, 2.05) is 43.3 Å². The van der Waals surface area contributed by atoms with Crippen molar-refractivity contribution >= 4 is 52.4 Å². The monoisotopic (exact) mass is 567 g/mol. The summed E-state index contributed by atoms with van der Waals surface area (Å²) in [6.07, 6.45) is -0.0458. The Kier molecular flexibility index (Phi) is 7.85. The van der Waals surface area contributed by atoms with E-state index >= 15 is 0 Å². The topological polar surface area (TPSA) is 107 Å². The number of nitrogens with one attached hydrogen (secondary N) is 1. The second-order valence-corrected chi connectivity index (χ2v) is 9.99. The molecule has 41 heavy (non-hydrogen) atoms. The Labute approximate surface area is 241 Å². The second-order valence-electron chi connectivity index (χ2n) is 9.58. The van der Waals surface area contributed by atoms with Crippen LogP contribution < -0.4 is 15.1 Å². The highest BCUT2D eigenvalue weighted by molar-refractivity contribution is 6.34. The van der Waals surface area contributed by atoms with Crippen molar-refractivity contribution in [3.63, 3.8) is 0 Å². The highest BCUT2D eigenvalue weighted by Gasteiger charge is 2.31. The number of rotatable bonds is 6. The van der Waals surface area contributed by atoms with Crippen molar-refractivity contribution in [2.45, 2.75) is 13.3 Å². The first-order chi connectivity index (χ1) is 19.7. The number of halogens is 1. The van der Waals surface area contributed by atoms with E-state index in [1.54, 1.807) is 48.5 Å². The van der Waals surface area contributed by atoms with Crippen molar-refractivity contribution in [1.29, 1.82) is 0 Å². The van der Waals surface area contributed by atoms with E-state index < -0.39 is 24.3 Å². The molecule has 2 N–H and O–H groups in total. The van der Waals surface area contributed by atoms with E-state index in [0.29, 0.717) is 22.6 Å². The van der Waals surface area contributed by atoms with Crippen LogP contribution in [0.1, 0.15) is 32.7 Å². The predicted molar refractivity (Wildman–Crippen MR) is 159 cm³/mol. The Balaban J connectivity index is 1.41.